The summed E-state index contributed by atoms with van der Waals surface area (Å²) in [6.45, 7) is 7.61. The molecule has 0 aliphatic carbocycles. The lowest BCUT2D eigenvalue weighted by molar-refractivity contribution is -0.141. The van der Waals surface area contributed by atoms with Gasteiger partial charge in [0.25, 0.3) is 5.91 Å². The van der Waals surface area contributed by atoms with Crippen LogP contribution in [0.3, 0.4) is 0 Å². The number of halogens is 1. The standard InChI is InChI=1S/C28H32FN4O3P/c1-18(27(35)36)15-23(26(37-4)33-28(2,3)16-19-5-11-22(29)12-6-19)32-25(34)21-9-7-20(8-10-21)24-17-30-13-14-31-24/h5-14,17-18,23,33H,15-16H2,1-4H3,(H,32,34)(H,35,36)/t18?,23-/m0/s1. The summed E-state index contributed by atoms with van der Waals surface area (Å²) in [6.07, 6.45) is 5.70. The predicted octanol–water partition coefficient (Wildman–Crippen LogP) is 4.81. The minimum absolute atomic E-state index is 0.231. The molecule has 0 saturated carbocycles. The zero-order chi connectivity index (χ0) is 27.0. The number of aliphatic carboxylic acids is 1. The highest BCUT2D eigenvalue weighted by Crippen LogP contribution is 2.19. The van der Waals surface area contributed by atoms with E-state index in [2.05, 4.69) is 20.6 Å². The number of hydrogen-bond donors (Lipinski definition) is 3. The molecule has 0 radical (unpaired) electrons. The van der Waals surface area contributed by atoms with Crippen molar-refractivity contribution in [3.8, 4) is 11.3 Å². The first-order valence-corrected chi connectivity index (χ1v) is 13.3. The van der Waals surface area contributed by atoms with Crippen molar-refractivity contribution in [1.82, 2.24) is 20.6 Å². The van der Waals surface area contributed by atoms with Gasteiger partial charge in [0, 0.05) is 34.5 Å². The highest BCUT2D eigenvalue weighted by Gasteiger charge is 2.28. The van der Waals surface area contributed by atoms with Crippen LogP contribution in [-0.2, 0) is 11.2 Å². The van der Waals surface area contributed by atoms with Gasteiger partial charge in [0.2, 0.25) is 0 Å². The summed E-state index contributed by atoms with van der Waals surface area (Å²) < 4.78 is 13.3. The minimum Gasteiger partial charge on any atom is -0.481 e. The maximum absolute atomic E-state index is 13.3. The highest BCUT2D eigenvalue weighted by molar-refractivity contribution is 7.39. The van der Waals surface area contributed by atoms with Crippen LogP contribution < -0.4 is 10.6 Å². The van der Waals surface area contributed by atoms with Crippen molar-refractivity contribution in [1.29, 1.82) is 0 Å². The molecule has 1 amide bonds. The first kappa shape index (κ1) is 28.1. The number of nitrogens with zero attached hydrogens (tertiary/aromatic N) is 2. The molecule has 3 rings (SSSR count). The third kappa shape index (κ3) is 8.27. The van der Waals surface area contributed by atoms with Crippen LogP contribution >= 0.6 is 8.20 Å². The number of aromatic nitrogens is 2. The molecule has 0 fully saturated rings. The van der Waals surface area contributed by atoms with Crippen LogP contribution in [-0.4, -0.2) is 50.6 Å². The molecule has 9 heteroatoms. The quantitative estimate of drug-likeness (QED) is 0.312. The molecule has 2 aromatic carbocycles. The molecule has 0 saturated heterocycles. The summed E-state index contributed by atoms with van der Waals surface area (Å²) in [5.74, 6) is -2.18. The Labute approximate surface area is 218 Å². The lowest BCUT2D eigenvalue weighted by Gasteiger charge is -2.32. The molecular weight excluding hydrogens is 490 g/mol. The first-order chi connectivity index (χ1) is 17.6. The maximum atomic E-state index is 13.3. The van der Waals surface area contributed by atoms with Crippen LogP contribution in [0.15, 0.2) is 67.1 Å². The zero-order valence-electron chi connectivity index (χ0n) is 21.4. The second kappa shape index (κ2) is 12.7. The van der Waals surface area contributed by atoms with Crippen molar-refractivity contribution in [3.63, 3.8) is 0 Å². The molecule has 2 atom stereocenters. The van der Waals surface area contributed by atoms with Crippen molar-refractivity contribution >= 4 is 25.5 Å². The fraction of sp³-hybridized carbons (Fsp3) is 0.321. The highest BCUT2D eigenvalue weighted by atomic mass is 31.1. The van der Waals surface area contributed by atoms with E-state index in [4.69, 9.17) is 0 Å². The number of amides is 1. The van der Waals surface area contributed by atoms with Gasteiger partial charge in [-0.3, -0.25) is 24.9 Å². The lowest BCUT2D eigenvalue weighted by Crippen LogP contribution is -2.54. The summed E-state index contributed by atoms with van der Waals surface area (Å²) in [4.78, 5) is 33.2. The number of carbonyl (C=O) groups excluding carboxylic acids is 1. The first-order valence-electron chi connectivity index (χ1n) is 12.0. The van der Waals surface area contributed by atoms with E-state index in [-0.39, 0.29) is 18.1 Å². The number of carboxylic acids is 1. The molecule has 0 aliphatic heterocycles. The lowest BCUT2D eigenvalue weighted by atomic mass is 9.93. The molecule has 1 aromatic heterocycles. The Kier molecular flexibility index (Phi) is 9.61. The second-order valence-electron chi connectivity index (χ2n) is 9.59. The van der Waals surface area contributed by atoms with E-state index in [9.17, 15) is 19.1 Å². The van der Waals surface area contributed by atoms with Gasteiger partial charge in [-0.25, -0.2) is 4.39 Å². The van der Waals surface area contributed by atoms with E-state index in [0.717, 1.165) is 24.7 Å². The largest absolute Gasteiger partial charge is 0.481 e. The third-order valence-corrected chi connectivity index (χ3v) is 6.82. The SMILES string of the molecule is C/P=C(/NC(C)(C)Cc1ccc(F)cc1)[C@H](CC(C)C(=O)O)NC(=O)c1ccc(-c2cnccn2)cc1. The van der Waals surface area contributed by atoms with Gasteiger partial charge in [-0.15, -0.1) is 0 Å². The molecule has 7 nitrogen and oxygen atoms in total. The number of benzene rings is 2. The third-order valence-electron chi connectivity index (χ3n) is 5.92. The van der Waals surface area contributed by atoms with Crippen molar-refractivity contribution in [3.05, 3.63) is 84.1 Å². The Morgan fingerprint density at radius 3 is 2.32 bits per heavy atom. The number of nitrogens with one attached hydrogen (secondary N) is 2. The van der Waals surface area contributed by atoms with E-state index < -0.39 is 23.5 Å². The fourth-order valence-electron chi connectivity index (χ4n) is 3.98. The Morgan fingerprint density at radius 1 is 1.08 bits per heavy atom. The molecular formula is C28H32FN4O3P. The topological polar surface area (TPSA) is 104 Å². The summed E-state index contributed by atoms with van der Waals surface area (Å²) >= 11 is 0. The number of hydrogen-bond acceptors (Lipinski definition) is 4. The van der Waals surface area contributed by atoms with Crippen LogP contribution in [0.1, 0.15) is 43.1 Å². The van der Waals surface area contributed by atoms with Gasteiger partial charge in [0.1, 0.15) is 5.82 Å². The van der Waals surface area contributed by atoms with Crippen LogP contribution in [0.25, 0.3) is 11.3 Å². The molecule has 0 spiro atoms. The number of rotatable bonds is 11. The molecule has 37 heavy (non-hydrogen) atoms. The number of carbonyl (C=O) groups is 2. The van der Waals surface area contributed by atoms with Gasteiger partial charge in [0.15, 0.2) is 0 Å². The van der Waals surface area contributed by atoms with Gasteiger partial charge >= 0.3 is 5.97 Å². The van der Waals surface area contributed by atoms with E-state index in [0.29, 0.717) is 17.7 Å². The molecule has 0 aliphatic rings. The summed E-state index contributed by atoms with van der Waals surface area (Å²) in [6, 6.07) is 12.9. The van der Waals surface area contributed by atoms with Gasteiger partial charge in [0.05, 0.1) is 23.9 Å². The van der Waals surface area contributed by atoms with Crippen molar-refractivity contribution < 1.29 is 19.1 Å². The summed E-state index contributed by atoms with van der Waals surface area (Å²) in [5, 5.41) is 16.1. The van der Waals surface area contributed by atoms with E-state index >= 15 is 0 Å². The van der Waals surface area contributed by atoms with E-state index in [1.165, 1.54) is 12.1 Å². The van der Waals surface area contributed by atoms with Crippen molar-refractivity contribution in [2.24, 2.45) is 5.92 Å². The molecule has 0 bridgehead atoms. The summed E-state index contributed by atoms with van der Waals surface area (Å²) in [5.41, 5.74) is 3.35. The molecule has 3 aromatic rings. The Morgan fingerprint density at radius 2 is 1.76 bits per heavy atom. The molecule has 3 N–H and O–H groups in total. The van der Waals surface area contributed by atoms with Crippen molar-refractivity contribution in [2.45, 2.75) is 45.2 Å². The molecule has 1 heterocycles. The maximum Gasteiger partial charge on any atom is 0.306 e. The minimum atomic E-state index is -0.926. The Hall–Kier alpha value is -3.48. The van der Waals surface area contributed by atoms with Crippen LogP contribution in [0.2, 0.25) is 0 Å². The van der Waals surface area contributed by atoms with E-state index in [1.54, 1.807) is 61.9 Å². The van der Waals surface area contributed by atoms with Crippen LogP contribution in [0, 0.1) is 11.7 Å². The number of carboxylic acid groups (broad SMARTS) is 1. The summed E-state index contributed by atoms with van der Waals surface area (Å²) in [7, 11) is 0.872. The van der Waals surface area contributed by atoms with Gasteiger partial charge in [-0.2, -0.15) is 0 Å². The average Bonchev–Trinajstić information content (AvgIpc) is 2.88. The van der Waals surface area contributed by atoms with Gasteiger partial charge in [-0.1, -0.05) is 39.4 Å². The van der Waals surface area contributed by atoms with Crippen molar-refractivity contribution in [2.75, 3.05) is 6.66 Å². The van der Waals surface area contributed by atoms with Gasteiger partial charge in [-0.05, 0) is 63.2 Å². The molecule has 1 unspecified atom stereocenters. The second-order valence-corrected chi connectivity index (χ2v) is 10.5. The zero-order valence-corrected chi connectivity index (χ0v) is 22.3. The molecule has 194 valence electrons. The smallest absolute Gasteiger partial charge is 0.306 e. The predicted molar refractivity (Wildman–Crippen MR) is 145 cm³/mol. The Bertz CT molecular complexity index is 1230. The average molecular weight is 523 g/mol. The fourth-order valence-corrected chi connectivity index (χ4v) is 4.87. The monoisotopic (exact) mass is 522 g/mol. The van der Waals surface area contributed by atoms with Gasteiger partial charge < -0.3 is 10.4 Å². The normalized spacial score (nSPS) is 13.6. The van der Waals surface area contributed by atoms with Crippen LogP contribution in [0.4, 0.5) is 4.39 Å². The van der Waals surface area contributed by atoms with Crippen LogP contribution in [0.5, 0.6) is 0 Å². The van der Waals surface area contributed by atoms with E-state index in [1.807, 2.05) is 20.5 Å². The Balaban J connectivity index is 1.78.